The number of nitrogens with one attached hydrogen (secondary N) is 2. The maximum absolute atomic E-state index is 16.0. The van der Waals surface area contributed by atoms with E-state index in [0.29, 0.717) is 42.6 Å². The fraction of sp³-hybridized carbons (Fsp3) is 0.171. The molecule has 3 aromatic carbocycles. The van der Waals surface area contributed by atoms with Gasteiger partial charge in [0.05, 0.1) is 13.1 Å². The van der Waals surface area contributed by atoms with Gasteiger partial charge in [-0.15, -0.1) is 5.10 Å². The molecule has 14 heteroatoms. The summed E-state index contributed by atoms with van der Waals surface area (Å²) in [5.41, 5.74) is -1.83. The van der Waals surface area contributed by atoms with E-state index in [1.54, 1.807) is 36.7 Å². The van der Waals surface area contributed by atoms with Crippen molar-refractivity contribution in [3.63, 3.8) is 0 Å². The topological polar surface area (TPSA) is 127 Å². The quantitative estimate of drug-likeness (QED) is 0.123. The van der Waals surface area contributed by atoms with E-state index in [1.165, 1.54) is 6.07 Å². The normalized spacial score (nSPS) is 12.6. The van der Waals surface area contributed by atoms with Gasteiger partial charge in [0.15, 0.2) is 5.60 Å². The molecule has 6 aromatic rings. The van der Waals surface area contributed by atoms with E-state index in [4.69, 9.17) is 4.74 Å². The summed E-state index contributed by atoms with van der Waals surface area (Å²) < 4.78 is 66.9. The van der Waals surface area contributed by atoms with E-state index in [0.717, 1.165) is 52.4 Å². The second kappa shape index (κ2) is 14.5. The fourth-order valence-electron chi connectivity index (χ4n) is 4.95. The van der Waals surface area contributed by atoms with Crippen LogP contribution < -0.4 is 10.1 Å². The number of pyridine rings is 1. The summed E-state index contributed by atoms with van der Waals surface area (Å²) in [7, 11) is 0. The summed E-state index contributed by atoms with van der Waals surface area (Å²) in [5, 5.41) is 24.9. The number of imidazole rings is 1. The molecule has 0 spiro atoms. The Morgan fingerprint density at radius 1 is 0.878 bits per heavy atom. The highest BCUT2D eigenvalue weighted by molar-refractivity contribution is 5.44. The monoisotopic (exact) mass is 668 g/mol. The lowest BCUT2D eigenvalue weighted by atomic mass is 9.84. The van der Waals surface area contributed by atoms with Gasteiger partial charge >= 0.3 is 5.92 Å². The van der Waals surface area contributed by atoms with Crippen molar-refractivity contribution >= 4 is 0 Å². The van der Waals surface area contributed by atoms with Crippen LogP contribution in [0.3, 0.4) is 0 Å². The molecular formula is C35H28F4N8O2. The van der Waals surface area contributed by atoms with Gasteiger partial charge in [-0.3, -0.25) is 4.98 Å². The zero-order valence-electron chi connectivity index (χ0n) is 25.7. The molecule has 3 aromatic heterocycles. The minimum atomic E-state index is -4.17. The lowest BCUT2D eigenvalue weighted by molar-refractivity contribution is -0.207. The number of nitrogens with zero attached hydrogens (tertiary/aromatic N) is 6. The molecule has 1 unspecified atom stereocenters. The first-order chi connectivity index (χ1) is 23.7. The second-order valence-corrected chi connectivity index (χ2v) is 11.0. The standard InChI is InChI=1S/C35H28F4N8O2/c36-28-10-13-30(31(37)17-28)34(48,22-47-23-44-45-46-47)35(38,39)32-14-9-26(19-43-32)2-1-24-7-11-29(12-8-24)49-21-27-5-3-25(4-6-27)18-40-20-33-41-15-16-42-33/h3-17,19,23,40,48H,18,20-22H2,(H,41,42). The Morgan fingerprint density at radius 2 is 1.63 bits per heavy atom. The van der Waals surface area contributed by atoms with Crippen LogP contribution in [0.4, 0.5) is 17.6 Å². The molecule has 3 N–H and O–H groups in total. The minimum absolute atomic E-state index is 0.316. The van der Waals surface area contributed by atoms with Crippen molar-refractivity contribution in [1.29, 1.82) is 0 Å². The first-order valence-corrected chi connectivity index (χ1v) is 14.9. The Kier molecular flexibility index (Phi) is 9.74. The average molecular weight is 669 g/mol. The minimum Gasteiger partial charge on any atom is -0.489 e. The molecule has 0 saturated carbocycles. The zero-order chi connectivity index (χ0) is 34.3. The van der Waals surface area contributed by atoms with Crippen molar-refractivity contribution < 1.29 is 27.4 Å². The third-order valence-electron chi connectivity index (χ3n) is 7.57. The number of halogens is 4. The van der Waals surface area contributed by atoms with E-state index in [-0.39, 0.29) is 0 Å². The SMILES string of the molecule is OC(Cn1cnnn1)(c1ccc(F)cc1F)C(F)(F)c1ccc(C#Cc2ccc(OCc3ccc(CNCc4ncc[nH]4)cc3)cc2)cn1. The van der Waals surface area contributed by atoms with Crippen molar-refractivity contribution in [2.45, 2.75) is 37.8 Å². The number of aromatic amines is 1. The molecule has 49 heavy (non-hydrogen) atoms. The lowest BCUT2D eigenvalue weighted by Gasteiger charge is -2.35. The van der Waals surface area contributed by atoms with Crippen molar-refractivity contribution in [3.8, 4) is 17.6 Å². The zero-order valence-corrected chi connectivity index (χ0v) is 25.7. The molecule has 0 amide bonds. The van der Waals surface area contributed by atoms with Crippen LogP contribution in [0.5, 0.6) is 5.75 Å². The van der Waals surface area contributed by atoms with Crippen molar-refractivity contribution in [2.24, 2.45) is 0 Å². The van der Waals surface area contributed by atoms with Crippen LogP contribution in [0.15, 0.2) is 104 Å². The molecule has 0 radical (unpaired) electrons. The largest absolute Gasteiger partial charge is 0.489 e. The van der Waals surface area contributed by atoms with E-state index in [2.05, 4.69) is 47.6 Å². The summed E-state index contributed by atoms with van der Waals surface area (Å²) >= 11 is 0. The number of rotatable bonds is 12. The number of H-pyrrole nitrogens is 1. The van der Waals surface area contributed by atoms with Crippen LogP contribution in [0.2, 0.25) is 0 Å². The second-order valence-electron chi connectivity index (χ2n) is 11.0. The summed E-state index contributed by atoms with van der Waals surface area (Å²) in [5.74, 6) is 0.808. The third-order valence-corrected chi connectivity index (χ3v) is 7.57. The van der Waals surface area contributed by atoms with Gasteiger partial charge in [0.2, 0.25) is 0 Å². The van der Waals surface area contributed by atoms with Gasteiger partial charge in [-0.1, -0.05) is 36.1 Å². The van der Waals surface area contributed by atoms with Gasteiger partial charge in [0.1, 0.15) is 41.8 Å². The van der Waals surface area contributed by atoms with Gasteiger partial charge in [-0.25, -0.2) is 18.4 Å². The van der Waals surface area contributed by atoms with Crippen LogP contribution >= 0.6 is 0 Å². The molecule has 0 fully saturated rings. The highest BCUT2D eigenvalue weighted by Crippen LogP contribution is 2.46. The predicted octanol–water partition coefficient (Wildman–Crippen LogP) is 5.02. The van der Waals surface area contributed by atoms with Gasteiger partial charge in [-0.05, 0) is 70.1 Å². The van der Waals surface area contributed by atoms with Crippen LogP contribution in [0.25, 0.3) is 0 Å². The lowest BCUT2D eigenvalue weighted by Crippen LogP contribution is -2.48. The highest BCUT2D eigenvalue weighted by Gasteiger charge is 2.58. The summed E-state index contributed by atoms with van der Waals surface area (Å²) in [6.07, 6.45) is 5.61. The first-order valence-electron chi connectivity index (χ1n) is 14.9. The van der Waals surface area contributed by atoms with Gasteiger partial charge < -0.3 is 20.1 Å². The number of hydrogen-bond acceptors (Lipinski definition) is 8. The van der Waals surface area contributed by atoms with Crippen LogP contribution in [-0.2, 0) is 37.8 Å². The van der Waals surface area contributed by atoms with E-state index >= 15 is 8.78 Å². The Balaban J connectivity index is 1.07. The number of alkyl halides is 2. The molecule has 0 aliphatic carbocycles. The fourth-order valence-corrected chi connectivity index (χ4v) is 4.95. The molecule has 0 aliphatic rings. The Bertz CT molecular complexity index is 2030. The number of benzene rings is 3. The molecule has 0 saturated heterocycles. The Labute approximate surface area is 277 Å². The highest BCUT2D eigenvalue weighted by atomic mass is 19.3. The van der Waals surface area contributed by atoms with Crippen molar-refractivity contribution in [2.75, 3.05) is 0 Å². The first kappa shape index (κ1) is 33.0. The van der Waals surface area contributed by atoms with E-state index in [9.17, 15) is 13.9 Å². The number of aliphatic hydroxyl groups is 1. The predicted molar refractivity (Wildman–Crippen MR) is 169 cm³/mol. The molecule has 3 heterocycles. The maximum Gasteiger partial charge on any atom is 0.323 e. The van der Waals surface area contributed by atoms with E-state index < -0.39 is 41.0 Å². The average Bonchev–Trinajstić information content (AvgIpc) is 3.82. The van der Waals surface area contributed by atoms with Gasteiger partial charge in [0, 0.05) is 47.9 Å². The van der Waals surface area contributed by atoms with Crippen molar-refractivity contribution in [3.05, 3.63) is 155 Å². The number of hydrogen-bond donors (Lipinski definition) is 3. The summed E-state index contributed by atoms with van der Waals surface area (Å²) in [4.78, 5) is 11.1. The molecule has 10 nitrogen and oxygen atoms in total. The summed E-state index contributed by atoms with van der Waals surface area (Å²) in [6.45, 7) is 0.796. The van der Waals surface area contributed by atoms with E-state index in [1.807, 2.05) is 24.3 Å². The maximum atomic E-state index is 16.0. The molecule has 0 aliphatic heterocycles. The van der Waals surface area contributed by atoms with Gasteiger partial charge in [0.25, 0.3) is 0 Å². The summed E-state index contributed by atoms with van der Waals surface area (Å²) in [6, 6.07) is 19.4. The Hall–Kier alpha value is -5.91. The van der Waals surface area contributed by atoms with Crippen LogP contribution in [0.1, 0.15) is 39.3 Å². The number of tetrazole rings is 1. The van der Waals surface area contributed by atoms with Crippen LogP contribution in [-0.4, -0.2) is 40.3 Å². The Morgan fingerprint density at radius 3 is 2.31 bits per heavy atom. The number of ether oxygens (including phenoxy) is 1. The third kappa shape index (κ3) is 7.81. The van der Waals surface area contributed by atoms with Gasteiger partial charge in [-0.2, -0.15) is 8.78 Å². The van der Waals surface area contributed by atoms with Crippen LogP contribution in [0, 0.1) is 23.5 Å². The molecular weight excluding hydrogens is 640 g/mol. The molecule has 248 valence electrons. The molecule has 0 bridgehead atoms. The van der Waals surface area contributed by atoms with Crippen molar-refractivity contribution in [1.82, 2.24) is 40.5 Å². The number of aromatic nitrogens is 7. The molecule has 6 rings (SSSR count). The molecule has 1 atom stereocenters. The smallest absolute Gasteiger partial charge is 0.323 e.